The quantitative estimate of drug-likeness (QED) is 0.707. The van der Waals surface area contributed by atoms with Crippen molar-refractivity contribution in [2.75, 3.05) is 25.0 Å². The van der Waals surface area contributed by atoms with Crippen molar-refractivity contribution in [2.45, 2.75) is 38.5 Å². The molecule has 1 aliphatic rings. The number of halogens is 1. The topological polar surface area (TPSA) is 75.7 Å². The molecular weight excluding hydrogens is 424 g/mol. The van der Waals surface area contributed by atoms with Crippen LogP contribution in [0.15, 0.2) is 41.3 Å². The third kappa shape index (κ3) is 4.96. The molecule has 1 heterocycles. The van der Waals surface area contributed by atoms with Crippen LogP contribution in [0.2, 0.25) is 5.02 Å². The molecule has 0 spiro atoms. The number of nitrogens with zero attached hydrogens (tertiary/aromatic N) is 1. The molecule has 0 atom stereocenters. The van der Waals surface area contributed by atoms with Crippen LogP contribution in [0.25, 0.3) is 0 Å². The number of ether oxygens (including phenoxy) is 1. The number of piperidine rings is 1. The molecule has 0 aromatic heterocycles. The minimum Gasteiger partial charge on any atom is -0.492 e. The minimum absolute atomic E-state index is 0.0649. The Hall–Kier alpha value is -2.09. The highest BCUT2D eigenvalue weighted by Gasteiger charge is 2.34. The molecule has 8 heteroatoms. The number of anilines is 1. The maximum absolute atomic E-state index is 13.2. The van der Waals surface area contributed by atoms with Gasteiger partial charge in [0, 0.05) is 29.7 Å². The van der Waals surface area contributed by atoms with Crippen molar-refractivity contribution in [3.05, 3.63) is 52.5 Å². The van der Waals surface area contributed by atoms with Gasteiger partial charge in [0.15, 0.2) is 0 Å². The average molecular weight is 451 g/mol. The summed E-state index contributed by atoms with van der Waals surface area (Å²) in [5.41, 5.74) is 2.87. The zero-order valence-electron chi connectivity index (χ0n) is 17.4. The lowest BCUT2D eigenvalue weighted by Crippen LogP contribution is -2.41. The lowest BCUT2D eigenvalue weighted by atomic mass is 9.97. The van der Waals surface area contributed by atoms with Crippen molar-refractivity contribution in [3.63, 3.8) is 0 Å². The van der Waals surface area contributed by atoms with Gasteiger partial charge in [-0.1, -0.05) is 23.7 Å². The summed E-state index contributed by atoms with van der Waals surface area (Å²) in [6.45, 7) is 6.61. The van der Waals surface area contributed by atoms with Crippen LogP contribution in [0.1, 0.15) is 30.9 Å². The van der Waals surface area contributed by atoms with E-state index in [9.17, 15) is 13.2 Å². The van der Waals surface area contributed by atoms with Crippen molar-refractivity contribution >= 4 is 33.2 Å². The van der Waals surface area contributed by atoms with Gasteiger partial charge in [-0.05, 0) is 69.0 Å². The van der Waals surface area contributed by atoms with Crippen LogP contribution in [-0.4, -0.2) is 38.3 Å². The van der Waals surface area contributed by atoms with E-state index in [2.05, 4.69) is 5.32 Å². The fourth-order valence-corrected chi connectivity index (χ4v) is 5.42. The fraction of sp³-hybridized carbons (Fsp3) is 0.409. The molecule has 1 aliphatic heterocycles. The van der Waals surface area contributed by atoms with E-state index in [0.717, 1.165) is 16.8 Å². The van der Waals surface area contributed by atoms with Gasteiger partial charge in [0.05, 0.1) is 6.61 Å². The number of nitrogens with one attached hydrogen (secondary N) is 1. The van der Waals surface area contributed by atoms with Gasteiger partial charge in [-0.25, -0.2) is 8.42 Å². The number of hydrogen-bond donors (Lipinski definition) is 1. The number of carbonyl (C=O) groups is 1. The van der Waals surface area contributed by atoms with Crippen molar-refractivity contribution in [2.24, 2.45) is 5.92 Å². The number of carbonyl (C=O) groups excluding carboxylic acids is 1. The van der Waals surface area contributed by atoms with E-state index >= 15 is 0 Å². The van der Waals surface area contributed by atoms with E-state index in [0.29, 0.717) is 24.5 Å². The molecule has 2 aromatic carbocycles. The molecule has 1 fully saturated rings. The SMILES string of the molecule is CCOc1ccc(Cl)cc1S(=O)(=O)N1CCC(C(=O)Nc2cc(C)ccc2C)CC1. The first-order chi connectivity index (χ1) is 14.2. The third-order valence-electron chi connectivity index (χ3n) is 5.30. The van der Waals surface area contributed by atoms with Crippen LogP contribution >= 0.6 is 11.6 Å². The summed E-state index contributed by atoms with van der Waals surface area (Å²) in [7, 11) is -3.77. The maximum Gasteiger partial charge on any atom is 0.246 e. The van der Waals surface area contributed by atoms with Crippen LogP contribution in [0, 0.1) is 19.8 Å². The molecule has 0 saturated carbocycles. The number of hydrogen-bond acceptors (Lipinski definition) is 4. The molecular formula is C22H27ClN2O4S. The van der Waals surface area contributed by atoms with Gasteiger partial charge in [-0.2, -0.15) is 4.31 Å². The minimum atomic E-state index is -3.77. The summed E-state index contributed by atoms with van der Waals surface area (Å²) in [6.07, 6.45) is 0.918. The van der Waals surface area contributed by atoms with E-state index in [1.54, 1.807) is 19.1 Å². The number of benzene rings is 2. The van der Waals surface area contributed by atoms with Crippen LogP contribution in [-0.2, 0) is 14.8 Å². The first-order valence-corrected chi connectivity index (χ1v) is 11.8. The zero-order valence-corrected chi connectivity index (χ0v) is 19.0. The molecule has 0 bridgehead atoms. The van der Waals surface area contributed by atoms with Crippen molar-refractivity contribution < 1.29 is 17.9 Å². The van der Waals surface area contributed by atoms with Gasteiger partial charge in [0.1, 0.15) is 10.6 Å². The molecule has 6 nitrogen and oxygen atoms in total. The van der Waals surface area contributed by atoms with Gasteiger partial charge in [0.2, 0.25) is 15.9 Å². The molecule has 162 valence electrons. The summed E-state index contributed by atoms with van der Waals surface area (Å²) < 4.78 is 33.2. The Morgan fingerprint density at radius 1 is 1.17 bits per heavy atom. The van der Waals surface area contributed by atoms with Crippen LogP contribution in [0.3, 0.4) is 0 Å². The molecule has 1 amide bonds. The molecule has 0 radical (unpaired) electrons. The highest BCUT2D eigenvalue weighted by Crippen LogP contribution is 2.32. The standard InChI is InChI=1S/C22H27ClN2O4S/c1-4-29-20-8-7-18(23)14-21(20)30(27,28)25-11-9-17(10-12-25)22(26)24-19-13-15(2)5-6-16(19)3/h5-8,13-14,17H,4,9-12H2,1-3H3,(H,24,26). The molecule has 0 aliphatic carbocycles. The van der Waals surface area contributed by atoms with E-state index in [-0.39, 0.29) is 35.6 Å². The van der Waals surface area contributed by atoms with Gasteiger partial charge in [-0.15, -0.1) is 0 Å². The first kappa shape index (κ1) is 22.6. The number of sulfonamides is 1. The maximum atomic E-state index is 13.2. The average Bonchev–Trinajstić information content (AvgIpc) is 2.72. The Morgan fingerprint density at radius 2 is 1.87 bits per heavy atom. The molecule has 3 rings (SSSR count). The summed E-state index contributed by atoms with van der Waals surface area (Å²) in [5, 5.41) is 3.33. The van der Waals surface area contributed by atoms with Gasteiger partial charge in [0.25, 0.3) is 0 Å². The molecule has 0 unspecified atom stereocenters. The van der Waals surface area contributed by atoms with Gasteiger partial charge < -0.3 is 10.1 Å². The van der Waals surface area contributed by atoms with E-state index < -0.39 is 10.0 Å². The Morgan fingerprint density at radius 3 is 2.53 bits per heavy atom. The molecule has 1 saturated heterocycles. The molecule has 30 heavy (non-hydrogen) atoms. The predicted molar refractivity (Wildman–Crippen MR) is 119 cm³/mol. The Labute approximate surface area is 183 Å². The normalized spacial score (nSPS) is 15.7. The highest BCUT2D eigenvalue weighted by molar-refractivity contribution is 7.89. The monoisotopic (exact) mass is 450 g/mol. The zero-order chi connectivity index (χ0) is 21.9. The lowest BCUT2D eigenvalue weighted by Gasteiger charge is -2.31. The Kier molecular flexibility index (Phi) is 7.06. The predicted octanol–water partition coefficient (Wildman–Crippen LogP) is 4.39. The summed E-state index contributed by atoms with van der Waals surface area (Å²) in [5.74, 6) is -0.0164. The second-order valence-corrected chi connectivity index (χ2v) is 9.85. The lowest BCUT2D eigenvalue weighted by molar-refractivity contribution is -0.120. The number of rotatable bonds is 6. The summed E-state index contributed by atoms with van der Waals surface area (Å²) >= 11 is 6.04. The number of aryl methyl sites for hydroxylation is 2. The fourth-order valence-electron chi connectivity index (χ4n) is 3.56. The van der Waals surface area contributed by atoms with Gasteiger partial charge >= 0.3 is 0 Å². The van der Waals surface area contributed by atoms with E-state index in [1.807, 2.05) is 32.0 Å². The first-order valence-electron chi connectivity index (χ1n) is 10.0. The highest BCUT2D eigenvalue weighted by atomic mass is 35.5. The van der Waals surface area contributed by atoms with E-state index in [1.165, 1.54) is 10.4 Å². The molecule has 1 N–H and O–H groups in total. The van der Waals surface area contributed by atoms with E-state index in [4.69, 9.17) is 16.3 Å². The van der Waals surface area contributed by atoms with Crippen LogP contribution in [0.5, 0.6) is 5.75 Å². The van der Waals surface area contributed by atoms with Crippen LogP contribution in [0.4, 0.5) is 5.69 Å². The van der Waals surface area contributed by atoms with Crippen molar-refractivity contribution in [3.8, 4) is 5.75 Å². The summed E-state index contributed by atoms with van der Waals surface area (Å²) in [6, 6.07) is 10.5. The number of amides is 1. The smallest absolute Gasteiger partial charge is 0.246 e. The second kappa shape index (κ2) is 9.37. The Bertz CT molecular complexity index is 1030. The largest absolute Gasteiger partial charge is 0.492 e. The second-order valence-electron chi connectivity index (χ2n) is 7.51. The van der Waals surface area contributed by atoms with Gasteiger partial charge in [-0.3, -0.25) is 4.79 Å². The Balaban J connectivity index is 1.70. The van der Waals surface area contributed by atoms with Crippen molar-refractivity contribution in [1.82, 2.24) is 4.31 Å². The van der Waals surface area contributed by atoms with Crippen LogP contribution < -0.4 is 10.1 Å². The third-order valence-corrected chi connectivity index (χ3v) is 7.45. The molecule has 2 aromatic rings. The summed E-state index contributed by atoms with van der Waals surface area (Å²) in [4.78, 5) is 12.8. The van der Waals surface area contributed by atoms with Crippen molar-refractivity contribution in [1.29, 1.82) is 0 Å².